The predicted octanol–water partition coefficient (Wildman–Crippen LogP) is 5.27. The highest BCUT2D eigenvalue weighted by Crippen LogP contribution is 2.60. The van der Waals surface area contributed by atoms with Gasteiger partial charge in [0, 0.05) is 10.5 Å². The predicted molar refractivity (Wildman–Crippen MR) is 101 cm³/mol. The Balaban J connectivity index is 2.32. The van der Waals surface area contributed by atoms with E-state index >= 15 is 0 Å². The Morgan fingerprint density at radius 3 is 2.32 bits per heavy atom. The van der Waals surface area contributed by atoms with Crippen LogP contribution in [-0.2, 0) is 14.3 Å². The van der Waals surface area contributed by atoms with Crippen LogP contribution in [0.3, 0.4) is 0 Å². The molecule has 0 fully saturated rings. The van der Waals surface area contributed by atoms with Gasteiger partial charge in [-0.3, -0.25) is 4.79 Å². The minimum atomic E-state index is -4.95. The molecule has 1 aliphatic rings. The first-order valence-corrected chi connectivity index (χ1v) is 9.21. The molecule has 0 N–H and O–H groups in total. The number of nitrogens with zero attached hydrogens (tertiary/aromatic N) is 1. The van der Waals surface area contributed by atoms with E-state index in [0.717, 1.165) is 12.7 Å². The zero-order valence-electron chi connectivity index (χ0n) is 15.7. The standard InChI is InChI=1S/C20H18F3NO3S/c1-11-6-5-7-14(8-11)28-19(20(21,22)23)15-9-12(2)13(3)10-16(15)24(17(19)25)18(26)27-4/h5-10H,1-4H3/t19-/m1/s1. The van der Waals surface area contributed by atoms with E-state index in [9.17, 15) is 22.8 Å². The highest BCUT2D eigenvalue weighted by atomic mass is 32.2. The summed E-state index contributed by atoms with van der Waals surface area (Å²) in [7, 11) is 1.03. The Hall–Kier alpha value is -2.48. The highest BCUT2D eigenvalue weighted by Gasteiger charge is 2.69. The van der Waals surface area contributed by atoms with Crippen molar-refractivity contribution in [2.45, 2.75) is 36.6 Å². The number of aryl methyl sites for hydroxylation is 3. The molecule has 0 aromatic heterocycles. The number of hydrogen-bond acceptors (Lipinski definition) is 4. The number of thioether (sulfide) groups is 1. The molecule has 28 heavy (non-hydrogen) atoms. The maximum absolute atomic E-state index is 14.5. The van der Waals surface area contributed by atoms with Crippen LogP contribution in [0.4, 0.5) is 23.7 Å². The van der Waals surface area contributed by atoms with Crippen LogP contribution in [0.1, 0.15) is 22.3 Å². The number of amides is 2. The summed E-state index contributed by atoms with van der Waals surface area (Å²) in [6.07, 6.45) is -6.09. The second-order valence-electron chi connectivity index (χ2n) is 6.66. The SMILES string of the molecule is COC(=O)N1C(=O)[C@@](Sc2cccc(C)c2)(C(F)(F)F)c2cc(C)c(C)cc21. The number of methoxy groups -OCH3 is 1. The summed E-state index contributed by atoms with van der Waals surface area (Å²) in [6.45, 7) is 5.12. The van der Waals surface area contributed by atoms with Gasteiger partial charge in [0.2, 0.25) is 4.75 Å². The average Bonchev–Trinajstić information content (AvgIpc) is 2.84. The molecular formula is C20H18F3NO3S. The third kappa shape index (κ3) is 2.96. The lowest BCUT2D eigenvalue weighted by atomic mass is 9.95. The van der Waals surface area contributed by atoms with Crippen LogP contribution in [-0.4, -0.2) is 25.3 Å². The maximum atomic E-state index is 14.5. The molecule has 148 valence electrons. The monoisotopic (exact) mass is 409 g/mol. The summed E-state index contributed by atoms with van der Waals surface area (Å²) in [5, 5.41) is 0. The number of anilines is 1. The van der Waals surface area contributed by atoms with Crippen LogP contribution in [0.2, 0.25) is 0 Å². The normalized spacial score (nSPS) is 19.0. The van der Waals surface area contributed by atoms with Crippen LogP contribution in [0.5, 0.6) is 0 Å². The van der Waals surface area contributed by atoms with Gasteiger partial charge < -0.3 is 4.74 Å². The summed E-state index contributed by atoms with van der Waals surface area (Å²) in [4.78, 5) is 26.1. The topological polar surface area (TPSA) is 46.6 Å². The van der Waals surface area contributed by atoms with Crippen molar-refractivity contribution in [1.29, 1.82) is 0 Å². The third-order valence-electron chi connectivity index (χ3n) is 4.75. The van der Waals surface area contributed by atoms with E-state index in [4.69, 9.17) is 0 Å². The fourth-order valence-corrected chi connectivity index (χ4v) is 4.52. The number of ether oxygens (including phenoxy) is 1. The van der Waals surface area contributed by atoms with E-state index in [1.54, 1.807) is 39.0 Å². The largest absolute Gasteiger partial charge is 0.452 e. The number of carbonyl (C=O) groups excluding carboxylic acids is 2. The molecule has 0 saturated carbocycles. The second kappa shape index (κ2) is 6.84. The molecule has 2 aromatic carbocycles. The zero-order chi connectivity index (χ0) is 20.9. The van der Waals surface area contributed by atoms with Gasteiger partial charge in [-0.1, -0.05) is 35.5 Å². The van der Waals surface area contributed by atoms with Gasteiger partial charge in [0.05, 0.1) is 12.8 Å². The number of benzene rings is 2. The fraction of sp³-hybridized carbons (Fsp3) is 0.300. The van der Waals surface area contributed by atoms with Crippen LogP contribution in [0.15, 0.2) is 41.3 Å². The first-order chi connectivity index (χ1) is 13.0. The summed E-state index contributed by atoms with van der Waals surface area (Å²) in [5.41, 5.74) is 1.66. The van der Waals surface area contributed by atoms with Gasteiger partial charge in [0.1, 0.15) is 0 Å². The molecule has 4 nitrogen and oxygen atoms in total. The maximum Gasteiger partial charge on any atom is 0.421 e. The Kier molecular flexibility index (Phi) is 4.95. The fourth-order valence-electron chi connectivity index (χ4n) is 3.21. The lowest BCUT2D eigenvalue weighted by Gasteiger charge is -2.30. The smallest absolute Gasteiger partial charge is 0.421 e. The van der Waals surface area contributed by atoms with Crippen LogP contribution in [0, 0.1) is 20.8 Å². The minimum Gasteiger partial charge on any atom is -0.452 e. The molecule has 0 spiro atoms. The summed E-state index contributed by atoms with van der Waals surface area (Å²) in [5.74, 6) is -1.38. The van der Waals surface area contributed by atoms with Crippen molar-refractivity contribution in [2.75, 3.05) is 12.0 Å². The molecule has 1 heterocycles. The lowest BCUT2D eigenvalue weighted by Crippen LogP contribution is -2.49. The van der Waals surface area contributed by atoms with Gasteiger partial charge in [-0.05, 0) is 50.1 Å². The van der Waals surface area contributed by atoms with E-state index < -0.39 is 22.9 Å². The number of carbonyl (C=O) groups is 2. The number of hydrogen-bond donors (Lipinski definition) is 0. The summed E-state index contributed by atoms with van der Waals surface area (Å²) in [6, 6.07) is 9.22. The first kappa shape index (κ1) is 20.3. The Morgan fingerprint density at radius 2 is 1.75 bits per heavy atom. The molecule has 1 aliphatic heterocycles. The Morgan fingerprint density at radius 1 is 1.11 bits per heavy atom. The van der Waals surface area contributed by atoms with Gasteiger partial charge in [0.15, 0.2) is 0 Å². The number of rotatable bonds is 2. The zero-order valence-corrected chi connectivity index (χ0v) is 16.5. The molecule has 3 rings (SSSR count). The van der Waals surface area contributed by atoms with Crippen molar-refractivity contribution < 1.29 is 27.5 Å². The van der Waals surface area contributed by atoms with E-state index in [-0.39, 0.29) is 16.1 Å². The van der Waals surface area contributed by atoms with Gasteiger partial charge >= 0.3 is 12.3 Å². The van der Waals surface area contributed by atoms with Crippen LogP contribution in [0.25, 0.3) is 0 Å². The first-order valence-electron chi connectivity index (χ1n) is 8.39. The Labute approximate surface area is 164 Å². The molecule has 8 heteroatoms. The molecule has 0 bridgehead atoms. The van der Waals surface area contributed by atoms with E-state index in [2.05, 4.69) is 4.74 Å². The number of halogens is 3. The van der Waals surface area contributed by atoms with Crippen molar-refractivity contribution >= 4 is 29.4 Å². The average molecular weight is 409 g/mol. The van der Waals surface area contributed by atoms with Crippen LogP contribution < -0.4 is 4.90 Å². The lowest BCUT2D eigenvalue weighted by molar-refractivity contribution is -0.169. The Bertz CT molecular complexity index is 974. The van der Waals surface area contributed by atoms with Gasteiger partial charge in [-0.25, -0.2) is 9.69 Å². The van der Waals surface area contributed by atoms with Crippen molar-refractivity contribution in [3.8, 4) is 0 Å². The van der Waals surface area contributed by atoms with E-state index in [1.165, 1.54) is 18.2 Å². The van der Waals surface area contributed by atoms with Crippen molar-refractivity contribution in [3.05, 3.63) is 58.7 Å². The van der Waals surface area contributed by atoms with Crippen molar-refractivity contribution in [2.24, 2.45) is 0 Å². The molecule has 2 amide bonds. The van der Waals surface area contributed by atoms with Crippen molar-refractivity contribution in [3.63, 3.8) is 0 Å². The highest BCUT2D eigenvalue weighted by molar-refractivity contribution is 8.01. The van der Waals surface area contributed by atoms with Gasteiger partial charge in [0.25, 0.3) is 5.91 Å². The molecule has 0 radical (unpaired) electrons. The van der Waals surface area contributed by atoms with Gasteiger partial charge in [-0.15, -0.1) is 0 Å². The molecular weight excluding hydrogens is 391 g/mol. The molecule has 0 unspecified atom stereocenters. The second-order valence-corrected chi connectivity index (χ2v) is 7.95. The van der Waals surface area contributed by atoms with Crippen molar-refractivity contribution in [1.82, 2.24) is 0 Å². The van der Waals surface area contributed by atoms with Gasteiger partial charge in [-0.2, -0.15) is 13.2 Å². The van der Waals surface area contributed by atoms with Crippen LogP contribution >= 0.6 is 11.8 Å². The molecule has 0 saturated heterocycles. The van der Waals surface area contributed by atoms with E-state index in [0.29, 0.717) is 27.8 Å². The third-order valence-corrected chi connectivity index (χ3v) is 6.18. The molecule has 2 aromatic rings. The molecule has 0 aliphatic carbocycles. The quantitative estimate of drug-likeness (QED) is 0.678. The number of alkyl halides is 3. The molecule has 1 atom stereocenters. The summed E-state index contributed by atoms with van der Waals surface area (Å²) >= 11 is 0.393. The summed E-state index contributed by atoms with van der Waals surface area (Å²) < 4.78 is 45.1. The minimum absolute atomic E-state index is 0.0996. The number of fused-ring (bicyclic) bond motifs is 1. The van der Waals surface area contributed by atoms with E-state index in [1.807, 2.05) is 0 Å². The number of imide groups is 1.